The van der Waals surface area contributed by atoms with E-state index in [0.29, 0.717) is 24.3 Å². The molecule has 5 heteroatoms. The van der Waals surface area contributed by atoms with E-state index in [0.717, 1.165) is 0 Å². The lowest BCUT2D eigenvalue weighted by molar-refractivity contribution is 0.174. The lowest BCUT2D eigenvalue weighted by atomic mass is 10.1. The van der Waals surface area contributed by atoms with Crippen molar-refractivity contribution in [2.24, 2.45) is 5.73 Å². The highest BCUT2D eigenvalue weighted by atomic mass is 35.5. The number of fused-ring (bicyclic) bond motifs is 1. The van der Waals surface area contributed by atoms with Crippen molar-refractivity contribution >= 4 is 11.6 Å². The van der Waals surface area contributed by atoms with Crippen molar-refractivity contribution in [1.29, 1.82) is 0 Å². The first kappa shape index (κ1) is 9.55. The van der Waals surface area contributed by atoms with Crippen LogP contribution in [0.15, 0.2) is 6.07 Å². The Morgan fingerprint density at radius 2 is 2.29 bits per heavy atom. The lowest BCUT2D eigenvalue weighted by Gasteiger charge is -2.05. The van der Waals surface area contributed by atoms with Crippen molar-refractivity contribution in [2.45, 2.75) is 6.42 Å². The maximum Gasteiger partial charge on any atom is 0.231 e. The summed E-state index contributed by atoms with van der Waals surface area (Å²) in [7, 11) is 0. The van der Waals surface area contributed by atoms with E-state index >= 15 is 0 Å². The third kappa shape index (κ3) is 1.40. The van der Waals surface area contributed by atoms with E-state index in [4.69, 9.17) is 26.8 Å². The zero-order chi connectivity index (χ0) is 10.1. The second kappa shape index (κ2) is 3.63. The van der Waals surface area contributed by atoms with Crippen LogP contribution in [0.1, 0.15) is 5.56 Å². The molecule has 0 atom stereocenters. The molecule has 1 aliphatic rings. The van der Waals surface area contributed by atoms with Gasteiger partial charge in [0.05, 0.1) is 0 Å². The summed E-state index contributed by atoms with van der Waals surface area (Å²) in [5, 5.41) is -0.0246. The van der Waals surface area contributed by atoms with Crippen LogP contribution in [-0.2, 0) is 6.42 Å². The molecule has 1 aromatic carbocycles. The highest BCUT2D eigenvalue weighted by Crippen LogP contribution is 2.41. The van der Waals surface area contributed by atoms with Gasteiger partial charge in [-0.1, -0.05) is 11.6 Å². The van der Waals surface area contributed by atoms with Crippen molar-refractivity contribution in [1.82, 2.24) is 0 Å². The molecule has 0 spiro atoms. The average Bonchev–Trinajstić information content (AvgIpc) is 2.62. The molecule has 14 heavy (non-hydrogen) atoms. The minimum atomic E-state index is -0.471. The van der Waals surface area contributed by atoms with Gasteiger partial charge in [-0.2, -0.15) is 0 Å². The van der Waals surface area contributed by atoms with E-state index in [1.807, 2.05) is 0 Å². The van der Waals surface area contributed by atoms with Gasteiger partial charge < -0.3 is 15.2 Å². The zero-order valence-electron chi connectivity index (χ0n) is 7.35. The topological polar surface area (TPSA) is 44.5 Å². The summed E-state index contributed by atoms with van der Waals surface area (Å²) in [4.78, 5) is 0. The van der Waals surface area contributed by atoms with Gasteiger partial charge >= 0.3 is 0 Å². The lowest BCUT2D eigenvalue weighted by Crippen LogP contribution is -2.04. The van der Waals surface area contributed by atoms with Crippen LogP contribution in [0.3, 0.4) is 0 Å². The predicted octanol–water partition coefficient (Wildman–Crippen LogP) is 1.71. The Labute approximate surface area is 85.6 Å². The molecule has 0 radical (unpaired) electrons. The number of rotatable bonds is 2. The molecule has 0 saturated carbocycles. The highest BCUT2D eigenvalue weighted by Gasteiger charge is 2.22. The minimum absolute atomic E-state index is 0.0246. The van der Waals surface area contributed by atoms with E-state index in [1.54, 1.807) is 6.07 Å². The smallest absolute Gasteiger partial charge is 0.231 e. The molecule has 3 nitrogen and oxygen atoms in total. The molecule has 0 unspecified atom stereocenters. The Balaban J connectivity index is 2.49. The van der Waals surface area contributed by atoms with Crippen molar-refractivity contribution in [3.05, 3.63) is 22.5 Å². The normalized spacial score (nSPS) is 13.4. The largest absolute Gasteiger partial charge is 0.454 e. The summed E-state index contributed by atoms with van der Waals surface area (Å²) >= 11 is 5.76. The van der Waals surface area contributed by atoms with Crippen molar-refractivity contribution in [3.8, 4) is 11.5 Å². The summed E-state index contributed by atoms with van der Waals surface area (Å²) in [5.41, 5.74) is 5.80. The Morgan fingerprint density at radius 1 is 1.50 bits per heavy atom. The van der Waals surface area contributed by atoms with Gasteiger partial charge in [-0.05, 0) is 24.6 Å². The van der Waals surface area contributed by atoms with Crippen molar-refractivity contribution in [2.75, 3.05) is 13.3 Å². The molecule has 1 heterocycles. The number of ether oxygens (including phenoxy) is 2. The van der Waals surface area contributed by atoms with Crippen molar-refractivity contribution in [3.63, 3.8) is 0 Å². The molecule has 0 amide bonds. The summed E-state index contributed by atoms with van der Waals surface area (Å²) in [6.07, 6.45) is 0.433. The SMILES string of the molecule is NCCc1cc2c(c(Cl)c1F)OCO2. The van der Waals surface area contributed by atoms with Gasteiger partial charge in [0, 0.05) is 0 Å². The highest BCUT2D eigenvalue weighted by molar-refractivity contribution is 6.32. The second-order valence-electron chi connectivity index (χ2n) is 2.94. The monoisotopic (exact) mass is 217 g/mol. The van der Waals surface area contributed by atoms with Gasteiger partial charge in [0.25, 0.3) is 0 Å². The molecule has 1 aliphatic heterocycles. The average molecular weight is 218 g/mol. The standard InChI is InChI=1S/C9H9ClFNO2/c10-7-8(11)5(1-2-12)3-6-9(7)14-4-13-6/h3H,1-2,4,12H2. The number of hydrogen-bond acceptors (Lipinski definition) is 3. The van der Waals surface area contributed by atoms with Crippen LogP contribution in [-0.4, -0.2) is 13.3 Å². The number of benzene rings is 1. The van der Waals surface area contributed by atoms with Crippen LogP contribution in [0.25, 0.3) is 0 Å². The minimum Gasteiger partial charge on any atom is -0.454 e. The Bertz CT molecular complexity index is 370. The van der Waals surface area contributed by atoms with E-state index in [2.05, 4.69) is 0 Å². The molecule has 0 bridgehead atoms. The van der Waals surface area contributed by atoms with Crippen LogP contribution in [0.5, 0.6) is 11.5 Å². The van der Waals surface area contributed by atoms with Crippen LogP contribution in [0.4, 0.5) is 4.39 Å². The first-order valence-electron chi connectivity index (χ1n) is 4.20. The molecule has 1 aromatic rings. The van der Waals surface area contributed by atoms with Crippen molar-refractivity contribution < 1.29 is 13.9 Å². The molecule has 0 aromatic heterocycles. The number of nitrogens with two attached hydrogens (primary N) is 1. The van der Waals surface area contributed by atoms with Crippen LogP contribution >= 0.6 is 11.6 Å². The first-order chi connectivity index (χ1) is 6.74. The van der Waals surface area contributed by atoms with Gasteiger partial charge in [-0.3, -0.25) is 0 Å². The summed E-state index contributed by atoms with van der Waals surface area (Å²) in [5.74, 6) is 0.297. The fraction of sp³-hybridized carbons (Fsp3) is 0.333. The molecule has 0 aliphatic carbocycles. The second-order valence-corrected chi connectivity index (χ2v) is 3.31. The zero-order valence-corrected chi connectivity index (χ0v) is 8.10. The maximum atomic E-state index is 13.5. The Morgan fingerprint density at radius 3 is 3.00 bits per heavy atom. The quantitative estimate of drug-likeness (QED) is 0.820. The summed E-state index contributed by atoms with van der Waals surface area (Å²) in [6.45, 7) is 0.452. The Hall–Kier alpha value is -1.00. The number of halogens is 2. The third-order valence-corrected chi connectivity index (χ3v) is 2.37. The molecular formula is C9H9ClFNO2. The van der Waals surface area contributed by atoms with Gasteiger partial charge in [-0.15, -0.1) is 0 Å². The summed E-state index contributed by atoms with van der Waals surface area (Å²) in [6, 6.07) is 1.58. The van der Waals surface area contributed by atoms with Gasteiger partial charge in [0.15, 0.2) is 11.5 Å². The first-order valence-corrected chi connectivity index (χ1v) is 4.58. The predicted molar refractivity (Wildman–Crippen MR) is 50.3 cm³/mol. The molecule has 76 valence electrons. The van der Waals surface area contributed by atoms with Crippen LogP contribution < -0.4 is 15.2 Å². The van der Waals surface area contributed by atoms with Gasteiger partial charge in [0.2, 0.25) is 6.79 Å². The third-order valence-electron chi connectivity index (χ3n) is 2.03. The molecule has 0 fully saturated rings. The van der Waals surface area contributed by atoms with Gasteiger partial charge in [0.1, 0.15) is 10.8 Å². The molecular weight excluding hydrogens is 209 g/mol. The van der Waals surface area contributed by atoms with E-state index in [9.17, 15) is 4.39 Å². The van der Waals surface area contributed by atoms with Gasteiger partial charge in [-0.25, -0.2) is 4.39 Å². The fourth-order valence-electron chi connectivity index (χ4n) is 1.37. The van der Waals surface area contributed by atoms with E-state index in [-0.39, 0.29) is 17.6 Å². The maximum absolute atomic E-state index is 13.5. The fourth-order valence-corrected chi connectivity index (χ4v) is 1.64. The molecule has 2 rings (SSSR count). The van der Waals surface area contributed by atoms with Crippen LogP contribution in [0.2, 0.25) is 5.02 Å². The summed E-state index contributed by atoms with van der Waals surface area (Å²) < 4.78 is 23.6. The molecule has 2 N–H and O–H groups in total. The molecule has 0 saturated heterocycles. The van der Waals surface area contributed by atoms with Crippen LogP contribution in [0, 0.1) is 5.82 Å². The van der Waals surface area contributed by atoms with E-state index < -0.39 is 5.82 Å². The number of hydrogen-bond donors (Lipinski definition) is 1. The van der Waals surface area contributed by atoms with E-state index in [1.165, 1.54) is 0 Å². The Kier molecular flexibility index (Phi) is 2.48.